The topological polar surface area (TPSA) is 0 Å². The van der Waals surface area contributed by atoms with E-state index in [0.29, 0.717) is 5.88 Å². The summed E-state index contributed by atoms with van der Waals surface area (Å²) >= 11 is 6.00. The van der Waals surface area contributed by atoms with E-state index in [-0.39, 0.29) is 11.2 Å². The molecule has 0 aromatic heterocycles. The maximum atomic E-state index is 13.5. The van der Waals surface area contributed by atoms with E-state index in [0.717, 1.165) is 24.8 Å². The highest BCUT2D eigenvalue weighted by Crippen LogP contribution is 2.32. The molecule has 0 unspecified atom stereocenters. The first kappa shape index (κ1) is 12.5. The predicted octanol–water partition coefficient (Wildman–Crippen LogP) is 4.41. The van der Waals surface area contributed by atoms with E-state index in [1.54, 1.807) is 6.07 Å². The predicted molar refractivity (Wildman–Crippen MR) is 63.8 cm³/mol. The maximum absolute atomic E-state index is 13.5. The largest absolute Gasteiger partial charge is 0.207 e. The van der Waals surface area contributed by atoms with Gasteiger partial charge in [-0.15, -0.1) is 11.6 Å². The minimum Gasteiger partial charge on any atom is -0.207 e. The molecule has 0 spiro atoms. The highest BCUT2D eigenvalue weighted by atomic mass is 35.5. The third kappa shape index (κ3) is 2.94. The molecule has 0 heterocycles. The van der Waals surface area contributed by atoms with Crippen LogP contribution in [0.25, 0.3) is 0 Å². The minimum atomic E-state index is -0.117. The van der Waals surface area contributed by atoms with E-state index in [9.17, 15) is 4.39 Å². The molecule has 0 N–H and O–H groups in total. The Bertz CT molecular complexity index is 297. The van der Waals surface area contributed by atoms with E-state index in [4.69, 9.17) is 11.6 Å². The Morgan fingerprint density at radius 2 is 1.80 bits per heavy atom. The summed E-state index contributed by atoms with van der Waals surface area (Å²) in [6, 6.07) is 6.96. The van der Waals surface area contributed by atoms with Gasteiger partial charge in [0.1, 0.15) is 5.82 Å². The summed E-state index contributed by atoms with van der Waals surface area (Å²) in [7, 11) is 0. The molecule has 0 bridgehead atoms. The van der Waals surface area contributed by atoms with Crippen molar-refractivity contribution in [2.24, 2.45) is 5.41 Å². The van der Waals surface area contributed by atoms with Crippen molar-refractivity contribution >= 4 is 11.6 Å². The first-order valence-electron chi connectivity index (χ1n) is 5.47. The Hall–Kier alpha value is -0.560. The highest BCUT2D eigenvalue weighted by molar-refractivity contribution is 6.18. The van der Waals surface area contributed by atoms with Crippen LogP contribution in [0.15, 0.2) is 24.3 Å². The third-order valence-corrected chi connectivity index (χ3v) is 3.87. The Labute approximate surface area is 96.5 Å². The second kappa shape index (κ2) is 5.50. The first-order valence-corrected chi connectivity index (χ1v) is 6.00. The standard InChI is InChI=1S/C13H18ClF/c1-3-13(4-2,10-14)9-11-7-5-6-8-12(11)15/h5-8H,3-4,9-10H2,1-2H3. The number of hydrogen-bond donors (Lipinski definition) is 0. The normalized spacial score (nSPS) is 11.7. The van der Waals surface area contributed by atoms with E-state index in [2.05, 4.69) is 13.8 Å². The summed E-state index contributed by atoms with van der Waals surface area (Å²) in [5.74, 6) is 0.475. The summed E-state index contributed by atoms with van der Waals surface area (Å²) in [5.41, 5.74) is 0.825. The summed E-state index contributed by atoms with van der Waals surface area (Å²) < 4.78 is 13.5. The molecular weight excluding hydrogens is 211 g/mol. The van der Waals surface area contributed by atoms with Crippen LogP contribution in [-0.4, -0.2) is 5.88 Å². The molecule has 15 heavy (non-hydrogen) atoms. The van der Waals surface area contributed by atoms with Gasteiger partial charge in [0, 0.05) is 5.88 Å². The van der Waals surface area contributed by atoms with E-state index >= 15 is 0 Å². The fraction of sp³-hybridized carbons (Fsp3) is 0.538. The fourth-order valence-corrected chi connectivity index (χ4v) is 2.25. The van der Waals surface area contributed by atoms with Crippen LogP contribution in [0.1, 0.15) is 32.3 Å². The van der Waals surface area contributed by atoms with Gasteiger partial charge in [-0.25, -0.2) is 4.39 Å². The van der Waals surface area contributed by atoms with Crippen LogP contribution in [0.3, 0.4) is 0 Å². The number of hydrogen-bond acceptors (Lipinski definition) is 0. The van der Waals surface area contributed by atoms with E-state index in [1.807, 2.05) is 12.1 Å². The van der Waals surface area contributed by atoms with Crippen LogP contribution >= 0.6 is 11.6 Å². The second-order valence-corrected chi connectivity index (χ2v) is 4.38. The molecule has 0 aliphatic heterocycles. The molecule has 0 nitrogen and oxygen atoms in total. The van der Waals surface area contributed by atoms with Crippen molar-refractivity contribution in [1.82, 2.24) is 0 Å². The number of alkyl halides is 1. The lowest BCUT2D eigenvalue weighted by Gasteiger charge is -2.29. The lowest BCUT2D eigenvalue weighted by molar-refractivity contribution is 0.298. The van der Waals surface area contributed by atoms with Crippen LogP contribution < -0.4 is 0 Å². The molecule has 0 fully saturated rings. The average molecular weight is 229 g/mol. The van der Waals surface area contributed by atoms with Gasteiger partial charge in [0.15, 0.2) is 0 Å². The quantitative estimate of drug-likeness (QED) is 0.655. The van der Waals surface area contributed by atoms with Gasteiger partial charge in [-0.2, -0.15) is 0 Å². The number of rotatable bonds is 5. The Kier molecular flexibility index (Phi) is 4.59. The second-order valence-electron chi connectivity index (χ2n) is 4.11. The molecular formula is C13H18ClF. The molecule has 1 aromatic carbocycles. The van der Waals surface area contributed by atoms with E-state index < -0.39 is 0 Å². The zero-order valence-electron chi connectivity index (χ0n) is 9.39. The van der Waals surface area contributed by atoms with Gasteiger partial charge in [-0.3, -0.25) is 0 Å². The zero-order chi connectivity index (χ0) is 11.3. The molecule has 0 aliphatic carbocycles. The fourth-order valence-electron chi connectivity index (χ4n) is 1.78. The van der Waals surface area contributed by atoms with Crippen LogP contribution in [0, 0.1) is 11.2 Å². The van der Waals surface area contributed by atoms with Gasteiger partial charge in [0.2, 0.25) is 0 Å². The Morgan fingerprint density at radius 3 is 2.27 bits per heavy atom. The lowest BCUT2D eigenvalue weighted by atomic mass is 9.78. The van der Waals surface area contributed by atoms with E-state index in [1.165, 1.54) is 6.07 Å². The van der Waals surface area contributed by atoms with Gasteiger partial charge < -0.3 is 0 Å². The third-order valence-electron chi connectivity index (χ3n) is 3.31. The van der Waals surface area contributed by atoms with Crippen LogP contribution in [0.5, 0.6) is 0 Å². The monoisotopic (exact) mass is 228 g/mol. The highest BCUT2D eigenvalue weighted by Gasteiger charge is 2.26. The molecule has 0 saturated heterocycles. The van der Waals surface area contributed by atoms with Gasteiger partial charge in [0.05, 0.1) is 0 Å². The molecule has 1 aromatic rings. The molecule has 0 atom stereocenters. The molecule has 0 aliphatic rings. The first-order chi connectivity index (χ1) is 7.17. The van der Waals surface area contributed by atoms with Crippen molar-refractivity contribution in [3.8, 4) is 0 Å². The van der Waals surface area contributed by atoms with Gasteiger partial charge in [0.25, 0.3) is 0 Å². The molecule has 0 amide bonds. The Morgan fingerprint density at radius 1 is 1.20 bits per heavy atom. The number of halogens is 2. The van der Waals surface area contributed by atoms with Crippen molar-refractivity contribution in [1.29, 1.82) is 0 Å². The van der Waals surface area contributed by atoms with Crippen molar-refractivity contribution in [2.75, 3.05) is 5.88 Å². The van der Waals surface area contributed by atoms with Crippen LogP contribution in [-0.2, 0) is 6.42 Å². The van der Waals surface area contributed by atoms with Crippen molar-refractivity contribution < 1.29 is 4.39 Å². The van der Waals surface area contributed by atoms with Crippen molar-refractivity contribution in [3.05, 3.63) is 35.6 Å². The summed E-state index contributed by atoms with van der Waals surface area (Å²) in [4.78, 5) is 0. The van der Waals surface area contributed by atoms with Crippen LogP contribution in [0.2, 0.25) is 0 Å². The zero-order valence-corrected chi connectivity index (χ0v) is 10.1. The number of benzene rings is 1. The Balaban J connectivity index is 2.88. The SMILES string of the molecule is CCC(CC)(CCl)Cc1ccccc1F. The maximum Gasteiger partial charge on any atom is 0.126 e. The summed E-state index contributed by atoms with van der Waals surface area (Å²) in [6.45, 7) is 4.24. The molecule has 1 rings (SSSR count). The minimum absolute atomic E-state index is 0.0454. The average Bonchev–Trinajstić information content (AvgIpc) is 2.29. The molecule has 2 heteroatoms. The van der Waals surface area contributed by atoms with Crippen molar-refractivity contribution in [2.45, 2.75) is 33.1 Å². The van der Waals surface area contributed by atoms with Gasteiger partial charge in [-0.05, 0) is 36.3 Å². The molecule has 0 radical (unpaired) electrons. The molecule has 0 saturated carbocycles. The van der Waals surface area contributed by atoms with Gasteiger partial charge in [-0.1, -0.05) is 32.0 Å². The lowest BCUT2D eigenvalue weighted by Crippen LogP contribution is -2.24. The molecule has 84 valence electrons. The summed E-state index contributed by atoms with van der Waals surface area (Å²) in [6.07, 6.45) is 2.71. The van der Waals surface area contributed by atoms with Crippen molar-refractivity contribution in [3.63, 3.8) is 0 Å². The summed E-state index contributed by atoms with van der Waals surface area (Å²) in [5, 5.41) is 0. The van der Waals surface area contributed by atoms with Gasteiger partial charge >= 0.3 is 0 Å². The smallest absolute Gasteiger partial charge is 0.126 e. The van der Waals surface area contributed by atoms with Crippen LogP contribution in [0.4, 0.5) is 4.39 Å².